The van der Waals surface area contributed by atoms with Crippen molar-refractivity contribution in [3.63, 3.8) is 0 Å². The Kier molecular flexibility index (Phi) is 12.4. The minimum atomic E-state index is -6.00. The molecule has 0 spiro atoms. The minimum absolute atomic E-state index is 0.785. The molecular weight excluding hydrogens is 623 g/mol. The molecule has 0 bridgehead atoms. The van der Waals surface area contributed by atoms with Gasteiger partial charge in [0.2, 0.25) is 16.7 Å². The molecule has 0 atom stereocenters. The summed E-state index contributed by atoms with van der Waals surface area (Å²) in [5, 5.41) is 2.61. The summed E-state index contributed by atoms with van der Waals surface area (Å²) in [6, 6.07) is 29.0. The van der Waals surface area contributed by atoms with E-state index in [1.54, 1.807) is 13.3 Å². The van der Waals surface area contributed by atoms with Gasteiger partial charge in [0.15, 0.2) is 0 Å². The van der Waals surface area contributed by atoms with Gasteiger partial charge in [-0.15, -0.1) is 0 Å². The molecule has 1 aliphatic heterocycles. The molecule has 7 rings (SSSR count). The van der Waals surface area contributed by atoms with Crippen LogP contribution in [0.3, 0.4) is 0 Å². The quantitative estimate of drug-likeness (QED) is 0.0620. The number of pyridine rings is 1. The maximum absolute atomic E-state index is 9.75. The Bertz CT molecular complexity index is 1980. The molecule has 0 amide bonds. The zero-order chi connectivity index (χ0) is 35.6. The molecule has 0 radical (unpaired) electrons. The van der Waals surface area contributed by atoms with Gasteiger partial charge < -0.3 is 22.0 Å². The number of nitrogens with zero attached hydrogens (tertiary/aromatic N) is 2. The summed E-state index contributed by atoms with van der Waals surface area (Å²) in [5.41, 5.74) is 12.9. The molecule has 0 fully saturated rings. The first kappa shape index (κ1) is 36.5. The Morgan fingerprint density at radius 3 is 1.67 bits per heavy atom. The molecule has 2 heterocycles. The Labute approximate surface area is 286 Å². The fraction of sp³-hybridized carbons (Fsp3) is 0.171. The summed E-state index contributed by atoms with van der Waals surface area (Å²) >= 11 is 0. The van der Waals surface area contributed by atoms with Crippen LogP contribution in [-0.4, -0.2) is 27.1 Å². The van der Waals surface area contributed by atoms with Crippen LogP contribution in [0, 0.1) is 40.7 Å². The van der Waals surface area contributed by atoms with E-state index in [4.69, 9.17) is 4.74 Å². The third kappa shape index (κ3) is 10.1. The molecule has 2 aliphatic rings. The molecule has 0 saturated carbocycles. The summed E-state index contributed by atoms with van der Waals surface area (Å²) in [5.74, 6) is 0.785. The number of para-hydroxylation sites is 1. The Hall–Kier alpha value is -5.33. The summed E-state index contributed by atoms with van der Waals surface area (Å²) in [6.45, 7) is 11.9. The summed E-state index contributed by atoms with van der Waals surface area (Å²) in [7, 11) is -4.37. The number of aliphatic imine (C=N–C) groups is 1. The lowest BCUT2D eigenvalue weighted by Crippen LogP contribution is -2.33. The molecule has 1 aromatic heterocycles. The van der Waals surface area contributed by atoms with Crippen LogP contribution in [0.4, 0.5) is 17.3 Å². The smallest absolute Gasteiger partial charge is 0.469 e. The number of allylic oxidation sites excluding steroid dienone is 6. The van der Waals surface area contributed by atoms with Gasteiger partial charge in [-0.25, -0.2) is 0 Å². The number of hydrogen-bond acceptors (Lipinski definition) is 2. The van der Waals surface area contributed by atoms with E-state index in [1.165, 1.54) is 66.4 Å². The Morgan fingerprint density at radius 2 is 1.27 bits per heavy atom. The van der Waals surface area contributed by atoms with Gasteiger partial charge in [0.1, 0.15) is 6.08 Å². The zero-order valence-corrected chi connectivity index (χ0v) is 28.6. The molecule has 250 valence electrons. The van der Waals surface area contributed by atoms with Crippen molar-refractivity contribution < 1.29 is 26.6 Å². The Morgan fingerprint density at radius 1 is 0.694 bits per heavy atom. The fourth-order valence-electron chi connectivity index (χ4n) is 5.87. The van der Waals surface area contributed by atoms with Gasteiger partial charge in [-0.05, 0) is 69.5 Å². The van der Waals surface area contributed by atoms with E-state index >= 15 is 0 Å². The summed E-state index contributed by atoms with van der Waals surface area (Å²) in [4.78, 5) is 3.85. The van der Waals surface area contributed by atoms with Crippen LogP contribution < -0.4 is 4.57 Å². The highest BCUT2D eigenvalue weighted by atomic mass is 19.5. The van der Waals surface area contributed by atoms with Gasteiger partial charge in [0.25, 0.3) is 5.76 Å². The number of benzene rings is 4. The lowest BCUT2D eigenvalue weighted by Gasteiger charge is -2.17. The zero-order valence-electron chi connectivity index (χ0n) is 28.6. The molecule has 0 saturated heterocycles. The number of hydrogen-bond donors (Lipinski definition) is 0. The maximum atomic E-state index is 9.75. The predicted molar refractivity (Wildman–Crippen MR) is 197 cm³/mol. The van der Waals surface area contributed by atoms with E-state index in [1.807, 2.05) is 36.5 Å². The lowest BCUT2D eigenvalue weighted by molar-refractivity contribution is -0.537. The van der Waals surface area contributed by atoms with Crippen LogP contribution >= 0.6 is 0 Å². The third-order valence-electron chi connectivity index (χ3n) is 7.70. The van der Waals surface area contributed by atoms with Crippen molar-refractivity contribution in [2.24, 2.45) is 4.99 Å². The van der Waals surface area contributed by atoms with Crippen LogP contribution in [0.15, 0.2) is 126 Å². The van der Waals surface area contributed by atoms with Crippen molar-refractivity contribution in [1.29, 1.82) is 0 Å². The second kappa shape index (κ2) is 16.7. The van der Waals surface area contributed by atoms with E-state index in [2.05, 4.69) is 129 Å². The number of methoxy groups -OCH3 is 1. The first-order valence-corrected chi connectivity index (χ1v) is 15.9. The highest BCUT2D eigenvalue weighted by Crippen LogP contribution is 2.39. The van der Waals surface area contributed by atoms with Crippen molar-refractivity contribution in [2.45, 2.75) is 34.6 Å². The average Bonchev–Trinajstić information content (AvgIpc) is 3.65. The molecule has 0 unspecified atom stereocenters. The predicted octanol–water partition coefficient (Wildman–Crippen LogP) is 10.9. The topological polar surface area (TPSA) is 25.5 Å². The molecule has 1 aliphatic carbocycles. The molecule has 0 N–H and O–H groups in total. The van der Waals surface area contributed by atoms with Gasteiger partial charge in [0, 0.05) is 42.1 Å². The van der Waals surface area contributed by atoms with Gasteiger partial charge in [-0.2, -0.15) is 4.57 Å². The van der Waals surface area contributed by atoms with Gasteiger partial charge in [-0.1, -0.05) is 65.2 Å². The Balaban J connectivity index is 0.000000244. The number of ether oxygens (including phenoxy) is 1. The highest BCUT2D eigenvalue weighted by molar-refractivity contribution is 6.50. The number of halogens is 4. The van der Waals surface area contributed by atoms with Crippen molar-refractivity contribution >= 4 is 35.3 Å². The third-order valence-corrected chi connectivity index (χ3v) is 7.70. The van der Waals surface area contributed by atoms with Gasteiger partial charge in [0.05, 0.1) is 42.7 Å². The molecule has 49 heavy (non-hydrogen) atoms. The highest BCUT2D eigenvalue weighted by Gasteiger charge is 2.25. The van der Waals surface area contributed by atoms with E-state index in [-0.39, 0.29) is 0 Å². The first-order chi connectivity index (χ1) is 23.4. The SMILES string of the molecule is C1=CCN=C1.COC1=CC=CC=[C+]1.Cc1cc(C)c(-c2c3cc(C)ccc3[n+](-c3ccccc3)c3ccc(C)cc23)c(C)c1.F[B-](F)(F)F. The number of fused-ring (bicyclic) bond motifs is 2. The van der Waals surface area contributed by atoms with Gasteiger partial charge >= 0.3 is 7.25 Å². The second-order valence-corrected chi connectivity index (χ2v) is 11.7. The standard InChI is InChI=1S/C30H28N.C7H7O.C4H5N.BF4/c1-19-11-13-27-25(17-19)30(29-22(4)15-21(3)16-23(29)5)26-18-20(2)12-14-28(26)31(27)24-9-7-6-8-10-24;1-8-7-5-3-2-4-6-7;1-2-4-5-3-1;2-1(3,4)5/h6-18H,1-5H3;2-5H,1H3;1-3H,4H2;/q2*+1;;-1. The fourth-order valence-corrected chi connectivity index (χ4v) is 5.87. The van der Waals surface area contributed by atoms with Crippen molar-refractivity contribution in [3.05, 3.63) is 155 Å². The van der Waals surface area contributed by atoms with Gasteiger partial charge in [-0.3, -0.25) is 4.99 Å². The van der Waals surface area contributed by atoms with E-state index in [0.717, 1.165) is 12.3 Å². The minimum Gasteiger partial charge on any atom is -0.469 e. The molecule has 5 aromatic rings. The largest absolute Gasteiger partial charge is 0.673 e. The van der Waals surface area contributed by atoms with Crippen LogP contribution in [0.1, 0.15) is 27.8 Å². The average molecular weight is 664 g/mol. The first-order valence-electron chi connectivity index (χ1n) is 15.9. The number of aromatic nitrogens is 1. The second-order valence-electron chi connectivity index (χ2n) is 11.7. The van der Waals surface area contributed by atoms with Crippen LogP contribution in [0.2, 0.25) is 0 Å². The molecule has 3 nitrogen and oxygen atoms in total. The van der Waals surface area contributed by atoms with E-state index in [0.29, 0.717) is 0 Å². The molecule has 4 aromatic carbocycles. The number of rotatable bonds is 3. The normalized spacial score (nSPS) is 12.7. The van der Waals surface area contributed by atoms with Crippen molar-refractivity contribution in [1.82, 2.24) is 0 Å². The van der Waals surface area contributed by atoms with Crippen LogP contribution in [-0.2, 0) is 4.74 Å². The van der Waals surface area contributed by atoms with E-state index < -0.39 is 7.25 Å². The van der Waals surface area contributed by atoms with E-state index in [9.17, 15) is 17.3 Å². The van der Waals surface area contributed by atoms with Crippen LogP contribution in [0.5, 0.6) is 0 Å². The summed E-state index contributed by atoms with van der Waals surface area (Å²) in [6.07, 6.45) is 16.2. The van der Waals surface area contributed by atoms with Crippen LogP contribution in [0.25, 0.3) is 38.6 Å². The number of aryl methyl sites for hydroxylation is 5. The maximum Gasteiger partial charge on any atom is 0.673 e. The van der Waals surface area contributed by atoms with Crippen molar-refractivity contribution in [2.75, 3.05) is 13.7 Å². The van der Waals surface area contributed by atoms with Crippen molar-refractivity contribution in [3.8, 4) is 16.8 Å². The monoisotopic (exact) mass is 663 g/mol. The molecular formula is C41H40BF4N2O+. The molecule has 8 heteroatoms. The lowest BCUT2D eigenvalue weighted by atomic mass is 9.88. The summed E-state index contributed by atoms with van der Waals surface area (Å²) < 4.78 is 46.3.